The lowest BCUT2D eigenvalue weighted by Gasteiger charge is -2.27. The van der Waals surface area contributed by atoms with Gasteiger partial charge in [-0.2, -0.15) is 0 Å². The van der Waals surface area contributed by atoms with E-state index in [2.05, 4.69) is 4.72 Å². The van der Waals surface area contributed by atoms with Crippen molar-refractivity contribution in [2.75, 3.05) is 26.0 Å². The van der Waals surface area contributed by atoms with Gasteiger partial charge >= 0.3 is 0 Å². The highest BCUT2D eigenvalue weighted by Gasteiger charge is 2.27. The zero-order chi connectivity index (χ0) is 15.1. The summed E-state index contributed by atoms with van der Waals surface area (Å²) >= 11 is 0. The lowest BCUT2D eigenvalue weighted by molar-refractivity contribution is -0.134. The van der Waals surface area contributed by atoms with Gasteiger partial charge in [-0.1, -0.05) is 20.8 Å². The maximum atomic E-state index is 12.3. The molecule has 0 spiro atoms. The highest BCUT2D eigenvalue weighted by Crippen LogP contribution is 2.09. The number of carbonyl (C=O) groups is 1. The van der Waals surface area contributed by atoms with E-state index < -0.39 is 16.1 Å². The van der Waals surface area contributed by atoms with Crippen LogP contribution in [0.15, 0.2) is 0 Å². The molecule has 0 aliphatic carbocycles. The second-order valence-electron chi connectivity index (χ2n) is 5.12. The predicted molar refractivity (Wildman–Crippen MR) is 75.2 cm³/mol. The molecule has 2 N–H and O–H groups in total. The van der Waals surface area contributed by atoms with E-state index in [-0.39, 0.29) is 25.0 Å². The van der Waals surface area contributed by atoms with Crippen LogP contribution in [0, 0.1) is 5.92 Å². The summed E-state index contributed by atoms with van der Waals surface area (Å²) in [5.41, 5.74) is 0. The maximum absolute atomic E-state index is 12.3. The SMILES string of the molecule is CCCN(CCO)C(=O)C(CC(C)C)NS(C)(=O)=O. The molecular weight excluding hydrogens is 268 g/mol. The molecule has 0 saturated carbocycles. The van der Waals surface area contributed by atoms with Crippen molar-refractivity contribution in [2.45, 2.75) is 39.7 Å². The molecule has 19 heavy (non-hydrogen) atoms. The topological polar surface area (TPSA) is 86.7 Å². The van der Waals surface area contributed by atoms with Crippen molar-refractivity contribution in [2.24, 2.45) is 5.92 Å². The summed E-state index contributed by atoms with van der Waals surface area (Å²) in [5, 5.41) is 8.98. The molecule has 0 bridgehead atoms. The van der Waals surface area contributed by atoms with E-state index in [9.17, 15) is 13.2 Å². The van der Waals surface area contributed by atoms with Gasteiger partial charge in [0, 0.05) is 13.1 Å². The lowest BCUT2D eigenvalue weighted by atomic mass is 10.0. The molecule has 7 heteroatoms. The minimum absolute atomic E-state index is 0.126. The van der Waals surface area contributed by atoms with Gasteiger partial charge in [0.2, 0.25) is 15.9 Å². The van der Waals surface area contributed by atoms with Crippen molar-refractivity contribution in [3.05, 3.63) is 0 Å². The van der Waals surface area contributed by atoms with Gasteiger partial charge in [-0.15, -0.1) is 0 Å². The number of amides is 1. The van der Waals surface area contributed by atoms with E-state index in [0.717, 1.165) is 12.7 Å². The molecule has 6 nitrogen and oxygen atoms in total. The van der Waals surface area contributed by atoms with E-state index in [4.69, 9.17) is 5.11 Å². The van der Waals surface area contributed by atoms with Crippen LogP contribution in [-0.2, 0) is 14.8 Å². The third-order valence-corrected chi connectivity index (χ3v) is 3.25. The van der Waals surface area contributed by atoms with E-state index >= 15 is 0 Å². The Balaban J connectivity index is 4.94. The third-order valence-electron chi connectivity index (χ3n) is 2.54. The molecule has 1 unspecified atom stereocenters. The normalized spacial score (nSPS) is 13.6. The van der Waals surface area contributed by atoms with Crippen molar-refractivity contribution in [1.29, 1.82) is 0 Å². The van der Waals surface area contributed by atoms with Gasteiger partial charge in [0.15, 0.2) is 0 Å². The first kappa shape index (κ1) is 18.3. The summed E-state index contributed by atoms with van der Waals surface area (Å²) < 4.78 is 25.1. The molecule has 1 amide bonds. The van der Waals surface area contributed by atoms with E-state index in [1.807, 2.05) is 20.8 Å². The molecular formula is C12H26N2O4S. The van der Waals surface area contributed by atoms with Crippen LogP contribution < -0.4 is 4.72 Å². The van der Waals surface area contributed by atoms with Crippen LogP contribution in [0.2, 0.25) is 0 Å². The molecule has 0 rings (SSSR count). The van der Waals surface area contributed by atoms with E-state index in [1.165, 1.54) is 4.90 Å². The van der Waals surface area contributed by atoms with E-state index in [0.29, 0.717) is 13.0 Å². The Labute approximate surface area is 116 Å². The number of aliphatic hydroxyl groups is 1. The van der Waals surface area contributed by atoms with Crippen molar-refractivity contribution in [3.8, 4) is 0 Å². The molecule has 114 valence electrons. The quantitative estimate of drug-likeness (QED) is 0.635. The van der Waals surface area contributed by atoms with Crippen molar-refractivity contribution in [1.82, 2.24) is 9.62 Å². The highest BCUT2D eigenvalue weighted by atomic mass is 32.2. The Hall–Kier alpha value is -0.660. The van der Waals surface area contributed by atoms with Gasteiger partial charge < -0.3 is 10.0 Å². The van der Waals surface area contributed by atoms with Crippen LogP contribution in [0.3, 0.4) is 0 Å². The zero-order valence-electron chi connectivity index (χ0n) is 12.2. The van der Waals surface area contributed by atoms with Crippen LogP contribution in [0.5, 0.6) is 0 Å². The standard InChI is InChI=1S/C12H26N2O4S/c1-5-6-14(7-8-15)12(16)11(9-10(2)3)13-19(4,17)18/h10-11,13,15H,5-9H2,1-4H3. The minimum Gasteiger partial charge on any atom is -0.395 e. The molecule has 0 radical (unpaired) electrons. The molecule has 0 aromatic carbocycles. The number of hydrogen-bond donors (Lipinski definition) is 2. The summed E-state index contributed by atoms with van der Waals surface area (Å²) in [5.74, 6) is -0.0733. The lowest BCUT2D eigenvalue weighted by Crippen LogP contribution is -2.49. The number of sulfonamides is 1. The molecule has 0 fully saturated rings. The number of aliphatic hydroxyl groups excluding tert-OH is 1. The average molecular weight is 294 g/mol. The van der Waals surface area contributed by atoms with Gasteiger partial charge in [0.05, 0.1) is 12.9 Å². The fourth-order valence-corrected chi connectivity index (χ4v) is 2.59. The molecule has 1 atom stereocenters. The molecule has 0 heterocycles. The first-order chi connectivity index (χ1) is 8.71. The van der Waals surface area contributed by atoms with Crippen LogP contribution in [0.4, 0.5) is 0 Å². The smallest absolute Gasteiger partial charge is 0.240 e. The number of rotatable bonds is 9. The van der Waals surface area contributed by atoms with Crippen LogP contribution in [0.1, 0.15) is 33.6 Å². The summed E-state index contributed by atoms with van der Waals surface area (Å²) in [4.78, 5) is 13.8. The molecule has 0 aliphatic rings. The monoisotopic (exact) mass is 294 g/mol. The van der Waals surface area contributed by atoms with Gasteiger partial charge in [-0.3, -0.25) is 4.79 Å². The highest BCUT2D eigenvalue weighted by molar-refractivity contribution is 7.88. The molecule has 0 aromatic heterocycles. The maximum Gasteiger partial charge on any atom is 0.240 e. The van der Waals surface area contributed by atoms with Gasteiger partial charge in [0.1, 0.15) is 6.04 Å². The molecule has 0 aromatic rings. The Morgan fingerprint density at radius 3 is 2.26 bits per heavy atom. The van der Waals surface area contributed by atoms with Crippen LogP contribution in [-0.4, -0.2) is 56.3 Å². The Morgan fingerprint density at radius 1 is 1.32 bits per heavy atom. The number of hydrogen-bond acceptors (Lipinski definition) is 4. The van der Waals surface area contributed by atoms with Crippen molar-refractivity contribution >= 4 is 15.9 Å². The average Bonchev–Trinajstić information content (AvgIpc) is 2.24. The summed E-state index contributed by atoms with van der Waals surface area (Å²) in [7, 11) is -3.44. The van der Waals surface area contributed by atoms with E-state index in [1.54, 1.807) is 0 Å². The second-order valence-corrected chi connectivity index (χ2v) is 6.90. The summed E-state index contributed by atoms with van der Waals surface area (Å²) in [6.07, 6.45) is 2.25. The molecule has 0 aliphatic heterocycles. The fourth-order valence-electron chi connectivity index (χ4n) is 1.87. The first-order valence-corrected chi connectivity index (χ1v) is 8.47. The number of nitrogens with one attached hydrogen (secondary N) is 1. The predicted octanol–water partition coefficient (Wildman–Crippen LogP) is 0.181. The Kier molecular flexibility index (Phi) is 8.20. The van der Waals surface area contributed by atoms with Gasteiger partial charge in [-0.05, 0) is 18.8 Å². The summed E-state index contributed by atoms with van der Waals surface area (Å²) in [6, 6.07) is -0.756. The van der Waals surface area contributed by atoms with Crippen molar-refractivity contribution < 1.29 is 18.3 Å². The Morgan fingerprint density at radius 2 is 1.89 bits per heavy atom. The minimum atomic E-state index is -3.44. The number of carbonyl (C=O) groups excluding carboxylic acids is 1. The Bertz CT molecular complexity index is 362. The van der Waals surface area contributed by atoms with Crippen LogP contribution in [0.25, 0.3) is 0 Å². The van der Waals surface area contributed by atoms with Crippen LogP contribution >= 0.6 is 0 Å². The zero-order valence-corrected chi connectivity index (χ0v) is 13.0. The first-order valence-electron chi connectivity index (χ1n) is 6.58. The third kappa shape index (κ3) is 8.18. The second kappa shape index (κ2) is 8.50. The van der Waals surface area contributed by atoms with Crippen molar-refractivity contribution in [3.63, 3.8) is 0 Å². The van der Waals surface area contributed by atoms with Gasteiger partial charge in [-0.25, -0.2) is 13.1 Å². The molecule has 0 saturated heterocycles. The van der Waals surface area contributed by atoms with Gasteiger partial charge in [0.25, 0.3) is 0 Å². The fraction of sp³-hybridized carbons (Fsp3) is 0.917. The largest absolute Gasteiger partial charge is 0.395 e. The summed E-state index contributed by atoms with van der Waals surface area (Å²) in [6.45, 7) is 6.41. The number of nitrogens with zero attached hydrogens (tertiary/aromatic N) is 1.